The third-order valence-electron chi connectivity index (χ3n) is 2.98. The Morgan fingerprint density at radius 1 is 1.19 bits per heavy atom. The van der Waals surface area contributed by atoms with Crippen molar-refractivity contribution < 1.29 is 9.18 Å². The number of carbonyl (C=O) groups is 1. The molecule has 0 atom stereocenters. The van der Waals surface area contributed by atoms with E-state index in [0.717, 1.165) is 5.56 Å². The van der Waals surface area contributed by atoms with E-state index >= 15 is 0 Å². The Hall–Kier alpha value is -1.42. The first-order valence-electron chi connectivity index (χ1n) is 6.37. The molecule has 0 fully saturated rings. The first kappa shape index (κ1) is 16.0. The lowest BCUT2D eigenvalue weighted by atomic mass is 10.1. The number of rotatable bonds is 5. The summed E-state index contributed by atoms with van der Waals surface area (Å²) in [7, 11) is 1.79. The van der Waals surface area contributed by atoms with Crippen LogP contribution in [-0.4, -0.2) is 24.3 Å². The Labute approximate surface area is 133 Å². The van der Waals surface area contributed by atoms with Gasteiger partial charge in [-0.3, -0.25) is 9.69 Å². The maximum atomic E-state index is 13.1. The summed E-state index contributed by atoms with van der Waals surface area (Å²) in [5.74, 6) is -0.411. The van der Waals surface area contributed by atoms with Crippen LogP contribution in [0, 0.1) is 5.82 Å². The highest BCUT2D eigenvalue weighted by Gasteiger charge is 2.13. The summed E-state index contributed by atoms with van der Waals surface area (Å²) in [6.07, 6.45) is 0. The van der Waals surface area contributed by atoms with Crippen molar-refractivity contribution in [3.63, 3.8) is 0 Å². The van der Waals surface area contributed by atoms with Gasteiger partial charge in [0.15, 0.2) is 5.78 Å². The minimum atomic E-state index is -0.287. The summed E-state index contributed by atoms with van der Waals surface area (Å²) in [6.45, 7) is 0.651. The second-order valence-electron chi connectivity index (χ2n) is 4.85. The molecule has 0 unspecified atom stereocenters. The normalized spacial score (nSPS) is 10.9. The van der Waals surface area contributed by atoms with Gasteiger partial charge in [-0.15, -0.1) is 0 Å². The SMILES string of the molecule is CN(CC(=O)c1cc(Cl)ccc1Cl)Cc1cccc(F)c1. The molecule has 0 radical (unpaired) electrons. The van der Waals surface area contributed by atoms with E-state index in [9.17, 15) is 9.18 Å². The molecule has 0 aliphatic carbocycles. The number of hydrogen-bond acceptors (Lipinski definition) is 2. The lowest BCUT2D eigenvalue weighted by molar-refractivity contribution is 0.0943. The van der Waals surface area contributed by atoms with Gasteiger partial charge in [-0.2, -0.15) is 0 Å². The third kappa shape index (κ3) is 4.53. The minimum absolute atomic E-state index is 0.124. The minimum Gasteiger partial charge on any atom is -0.295 e. The molecule has 0 saturated carbocycles. The highest BCUT2D eigenvalue weighted by Crippen LogP contribution is 2.21. The van der Waals surface area contributed by atoms with Crippen LogP contribution in [0.25, 0.3) is 0 Å². The van der Waals surface area contributed by atoms with E-state index in [1.165, 1.54) is 12.1 Å². The molecule has 2 rings (SSSR count). The predicted molar refractivity (Wildman–Crippen MR) is 83.5 cm³/mol. The van der Waals surface area contributed by atoms with E-state index < -0.39 is 0 Å². The van der Waals surface area contributed by atoms with Gasteiger partial charge < -0.3 is 0 Å². The second kappa shape index (κ2) is 7.03. The fraction of sp³-hybridized carbons (Fsp3) is 0.188. The van der Waals surface area contributed by atoms with Gasteiger partial charge in [-0.05, 0) is 42.9 Å². The fourth-order valence-electron chi connectivity index (χ4n) is 2.04. The van der Waals surface area contributed by atoms with Crippen LogP contribution in [0.3, 0.4) is 0 Å². The van der Waals surface area contributed by atoms with E-state index in [1.807, 2.05) is 6.07 Å². The van der Waals surface area contributed by atoms with Crippen LogP contribution >= 0.6 is 23.2 Å². The number of carbonyl (C=O) groups excluding carboxylic acids is 1. The number of ketones is 1. The average Bonchev–Trinajstić information content (AvgIpc) is 2.41. The average molecular weight is 326 g/mol. The molecule has 2 aromatic carbocycles. The zero-order valence-electron chi connectivity index (χ0n) is 11.4. The molecule has 2 nitrogen and oxygen atoms in total. The Kier molecular flexibility index (Phi) is 5.34. The van der Waals surface area contributed by atoms with E-state index in [1.54, 1.807) is 36.2 Å². The highest BCUT2D eigenvalue weighted by atomic mass is 35.5. The van der Waals surface area contributed by atoms with Gasteiger partial charge in [0.1, 0.15) is 5.82 Å². The number of likely N-dealkylation sites (N-methyl/N-ethyl adjacent to an activating group) is 1. The van der Waals surface area contributed by atoms with Gasteiger partial charge in [0.2, 0.25) is 0 Å². The van der Waals surface area contributed by atoms with Crippen molar-refractivity contribution >= 4 is 29.0 Å². The molecule has 0 N–H and O–H groups in total. The van der Waals surface area contributed by atoms with Gasteiger partial charge in [0.05, 0.1) is 11.6 Å². The van der Waals surface area contributed by atoms with Crippen LogP contribution in [0.4, 0.5) is 4.39 Å². The smallest absolute Gasteiger partial charge is 0.178 e. The second-order valence-corrected chi connectivity index (χ2v) is 5.69. The lowest BCUT2D eigenvalue weighted by Gasteiger charge is -2.16. The zero-order chi connectivity index (χ0) is 15.4. The van der Waals surface area contributed by atoms with E-state index in [2.05, 4.69) is 0 Å². The van der Waals surface area contributed by atoms with Crippen molar-refractivity contribution in [1.29, 1.82) is 0 Å². The molecule has 0 bridgehead atoms. The number of Topliss-reactive ketones (excluding diaryl/α,β-unsaturated/α-hetero) is 1. The van der Waals surface area contributed by atoms with Crippen molar-refractivity contribution in [2.75, 3.05) is 13.6 Å². The monoisotopic (exact) mass is 325 g/mol. The Bertz CT molecular complexity index is 660. The molecule has 0 aliphatic heterocycles. The maximum Gasteiger partial charge on any atom is 0.178 e. The summed E-state index contributed by atoms with van der Waals surface area (Å²) in [5, 5.41) is 0.846. The third-order valence-corrected chi connectivity index (χ3v) is 3.55. The Morgan fingerprint density at radius 2 is 1.95 bits per heavy atom. The first-order chi connectivity index (χ1) is 9.95. The summed E-state index contributed by atoms with van der Waals surface area (Å²) in [5.41, 5.74) is 1.21. The molecule has 0 saturated heterocycles. The van der Waals surface area contributed by atoms with Crippen molar-refractivity contribution in [2.24, 2.45) is 0 Å². The van der Waals surface area contributed by atoms with E-state index in [0.29, 0.717) is 22.2 Å². The molecule has 0 spiro atoms. The van der Waals surface area contributed by atoms with Crippen molar-refractivity contribution in [3.8, 4) is 0 Å². The molecule has 2 aromatic rings. The van der Waals surface area contributed by atoms with E-state index in [-0.39, 0.29) is 18.1 Å². The van der Waals surface area contributed by atoms with Crippen molar-refractivity contribution in [2.45, 2.75) is 6.54 Å². The Morgan fingerprint density at radius 3 is 2.67 bits per heavy atom. The van der Waals surface area contributed by atoms with E-state index in [4.69, 9.17) is 23.2 Å². The van der Waals surface area contributed by atoms with Crippen LogP contribution in [0.15, 0.2) is 42.5 Å². The Balaban J connectivity index is 2.03. The van der Waals surface area contributed by atoms with Crippen LogP contribution in [0.2, 0.25) is 10.0 Å². The largest absolute Gasteiger partial charge is 0.295 e. The fourth-order valence-corrected chi connectivity index (χ4v) is 2.44. The molecule has 0 amide bonds. The number of hydrogen-bond donors (Lipinski definition) is 0. The number of nitrogens with zero attached hydrogens (tertiary/aromatic N) is 1. The quantitative estimate of drug-likeness (QED) is 0.757. The molecule has 0 aliphatic rings. The molecular weight excluding hydrogens is 312 g/mol. The predicted octanol–water partition coefficient (Wildman–Crippen LogP) is 4.45. The lowest BCUT2D eigenvalue weighted by Crippen LogP contribution is -2.25. The van der Waals surface area contributed by atoms with Crippen molar-refractivity contribution in [3.05, 3.63) is 69.5 Å². The van der Waals surface area contributed by atoms with Crippen LogP contribution in [0.5, 0.6) is 0 Å². The maximum absolute atomic E-state index is 13.1. The molecule has 0 aromatic heterocycles. The molecular formula is C16H14Cl2FNO. The van der Waals surface area contributed by atoms with Gasteiger partial charge in [-0.1, -0.05) is 35.3 Å². The zero-order valence-corrected chi connectivity index (χ0v) is 13.0. The van der Waals surface area contributed by atoms with Crippen molar-refractivity contribution in [1.82, 2.24) is 4.90 Å². The summed E-state index contributed by atoms with van der Waals surface area (Å²) in [6, 6.07) is 11.1. The van der Waals surface area contributed by atoms with Gasteiger partial charge in [0, 0.05) is 17.1 Å². The molecule has 0 heterocycles. The van der Waals surface area contributed by atoms with Gasteiger partial charge in [-0.25, -0.2) is 4.39 Å². The van der Waals surface area contributed by atoms with Crippen LogP contribution in [0.1, 0.15) is 15.9 Å². The standard InChI is InChI=1S/C16H14Cl2FNO/c1-20(9-11-3-2-4-13(19)7-11)10-16(21)14-8-12(17)5-6-15(14)18/h2-8H,9-10H2,1H3. The summed E-state index contributed by atoms with van der Waals surface area (Å²) in [4.78, 5) is 14.0. The summed E-state index contributed by atoms with van der Waals surface area (Å²) >= 11 is 11.9. The van der Waals surface area contributed by atoms with Crippen LogP contribution < -0.4 is 0 Å². The van der Waals surface area contributed by atoms with Gasteiger partial charge in [0.25, 0.3) is 0 Å². The summed E-state index contributed by atoms with van der Waals surface area (Å²) < 4.78 is 13.1. The topological polar surface area (TPSA) is 20.3 Å². The van der Waals surface area contributed by atoms with Crippen LogP contribution in [-0.2, 0) is 6.54 Å². The molecule has 21 heavy (non-hydrogen) atoms. The number of halogens is 3. The molecule has 110 valence electrons. The highest BCUT2D eigenvalue weighted by molar-refractivity contribution is 6.36. The first-order valence-corrected chi connectivity index (χ1v) is 7.12. The molecule has 5 heteroatoms. The number of benzene rings is 2. The van der Waals surface area contributed by atoms with Gasteiger partial charge >= 0.3 is 0 Å².